The van der Waals surface area contributed by atoms with Crippen LogP contribution in [0, 0.1) is 0 Å². The number of hydrogen-bond acceptors (Lipinski definition) is 5. The maximum atomic E-state index is 5.50. The molecular formula is C15H21N5O. The molecule has 0 aliphatic carbocycles. The molecule has 0 spiro atoms. The molecule has 0 radical (unpaired) electrons. The molecule has 1 aromatic heterocycles. The van der Waals surface area contributed by atoms with Gasteiger partial charge in [0.1, 0.15) is 12.7 Å². The fourth-order valence-electron chi connectivity index (χ4n) is 2.65. The second kappa shape index (κ2) is 6.69. The third-order valence-electron chi connectivity index (χ3n) is 3.61. The minimum absolute atomic E-state index is 0.342. The van der Waals surface area contributed by atoms with Crippen LogP contribution in [0.25, 0.3) is 5.69 Å². The van der Waals surface area contributed by atoms with Crippen molar-refractivity contribution in [3.63, 3.8) is 0 Å². The van der Waals surface area contributed by atoms with Gasteiger partial charge < -0.3 is 15.4 Å². The molecule has 3 rings (SSSR count). The van der Waals surface area contributed by atoms with Crippen molar-refractivity contribution in [2.45, 2.75) is 25.4 Å². The zero-order valence-corrected chi connectivity index (χ0v) is 12.2. The zero-order chi connectivity index (χ0) is 14.5. The second-order valence-corrected chi connectivity index (χ2v) is 5.36. The van der Waals surface area contributed by atoms with Crippen molar-refractivity contribution in [2.75, 3.05) is 25.1 Å². The van der Waals surface area contributed by atoms with Gasteiger partial charge in [0, 0.05) is 18.6 Å². The van der Waals surface area contributed by atoms with Crippen molar-refractivity contribution in [1.82, 2.24) is 20.1 Å². The first-order chi connectivity index (χ1) is 10.3. The molecule has 2 aromatic rings. The highest BCUT2D eigenvalue weighted by Gasteiger charge is 2.17. The standard InChI is InChI=1S/C15H21N5O/c1-12(8-13-9-21-7-6-17-13)19-14-4-2-3-5-15(14)20-11-16-10-18-20/h2-5,10-13,17,19H,6-9H2,1H3. The average Bonchev–Trinajstić information content (AvgIpc) is 3.03. The number of anilines is 1. The molecule has 2 N–H and O–H groups in total. The smallest absolute Gasteiger partial charge is 0.138 e. The summed E-state index contributed by atoms with van der Waals surface area (Å²) in [5.74, 6) is 0. The minimum Gasteiger partial charge on any atom is -0.381 e. The van der Waals surface area contributed by atoms with Crippen molar-refractivity contribution < 1.29 is 4.74 Å². The predicted octanol–water partition coefficient (Wildman–Crippen LogP) is 1.45. The summed E-state index contributed by atoms with van der Waals surface area (Å²) in [6.45, 7) is 4.73. The van der Waals surface area contributed by atoms with E-state index in [2.05, 4.69) is 33.7 Å². The highest BCUT2D eigenvalue weighted by atomic mass is 16.5. The monoisotopic (exact) mass is 287 g/mol. The lowest BCUT2D eigenvalue weighted by atomic mass is 10.1. The van der Waals surface area contributed by atoms with Crippen LogP contribution in [0.5, 0.6) is 0 Å². The summed E-state index contributed by atoms with van der Waals surface area (Å²) in [4.78, 5) is 4.01. The van der Waals surface area contributed by atoms with E-state index in [1.165, 1.54) is 0 Å². The van der Waals surface area contributed by atoms with Crippen LogP contribution in [0.3, 0.4) is 0 Å². The summed E-state index contributed by atoms with van der Waals surface area (Å²) in [7, 11) is 0. The number of para-hydroxylation sites is 2. The van der Waals surface area contributed by atoms with Crippen LogP contribution >= 0.6 is 0 Å². The molecule has 6 heteroatoms. The number of nitrogens with one attached hydrogen (secondary N) is 2. The van der Waals surface area contributed by atoms with Gasteiger partial charge in [-0.1, -0.05) is 12.1 Å². The highest BCUT2D eigenvalue weighted by molar-refractivity contribution is 5.60. The van der Waals surface area contributed by atoms with E-state index in [0.717, 1.165) is 37.6 Å². The first kappa shape index (κ1) is 14.0. The van der Waals surface area contributed by atoms with E-state index in [1.807, 2.05) is 18.2 Å². The Morgan fingerprint density at radius 2 is 2.38 bits per heavy atom. The van der Waals surface area contributed by atoms with E-state index >= 15 is 0 Å². The van der Waals surface area contributed by atoms with Gasteiger partial charge in [-0.25, -0.2) is 9.67 Å². The van der Waals surface area contributed by atoms with Crippen LogP contribution < -0.4 is 10.6 Å². The van der Waals surface area contributed by atoms with E-state index in [4.69, 9.17) is 4.74 Å². The molecule has 21 heavy (non-hydrogen) atoms. The quantitative estimate of drug-likeness (QED) is 0.871. The van der Waals surface area contributed by atoms with E-state index in [-0.39, 0.29) is 0 Å². The summed E-state index contributed by atoms with van der Waals surface area (Å²) in [5.41, 5.74) is 2.07. The number of benzene rings is 1. The number of ether oxygens (including phenoxy) is 1. The number of aromatic nitrogens is 3. The van der Waals surface area contributed by atoms with Gasteiger partial charge in [-0.05, 0) is 25.5 Å². The van der Waals surface area contributed by atoms with Crippen LogP contribution in [0.1, 0.15) is 13.3 Å². The Balaban J connectivity index is 1.67. The first-order valence-electron chi connectivity index (χ1n) is 7.34. The first-order valence-corrected chi connectivity index (χ1v) is 7.34. The maximum absolute atomic E-state index is 5.50. The summed E-state index contributed by atoms with van der Waals surface area (Å²) >= 11 is 0. The summed E-state index contributed by atoms with van der Waals surface area (Å²) in [6, 6.07) is 8.89. The molecule has 1 saturated heterocycles. The van der Waals surface area contributed by atoms with Gasteiger partial charge in [0.25, 0.3) is 0 Å². The largest absolute Gasteiger partial charge is 0.381 e. The van der Waals surface area contributed by atoms with Crippen molar-refractivity contribution in [2.24, 2.45) is 0 Å². The van der Waals surface area contributed by atoms with Crippen LogP contribution in [0.2, 0.25) is 0 Å². The Hall–Kier alpha value is -1.92. The van der Waals surface area contributed by atoms with Gasteiger partial charge in [0.2, 0.25) is 0 Å². The Bertz CT molecular complexity index is 551. The zero-order valence-electron chi connectivity index (χ0n) is 12.2. The highest BCUT2D eigenvalue weighted by Crippen LogP contribution is 2.20. The van der Waals surface area contributed by atoms with Gasteiger partial charge in [-0.2, -0.15) is 5.10 Å². The van der Waals surface area contributed by atoms with Crippen molar-refractivity contribution in [1.29, 1.82) is 0 Å². The van der Waals surface area contributed by atoms with Crippen LogP contribution in [-0.4, -0.2) is 46.6 Å². The molecule has 0 saturated carbocycles. The van der Waals surface area contributed by atoms with Crippen LogP contribution in [0.15, 0.2) is 36.9 Å². The van der Waals surface area contributed by atoms with E-state index in [9.17, 15) is 0 Å². The lowest BCUT2D eigenvalue weighted by molar-refractivity contribution is 0.0731. The van der Waals surface area contributed by atoms with Crippen LogP contribution in [-0.2, 0) is 4.74 Å². The van der Waals surface area contributed by atoms with Crippen molar-refractivity contribution >= 4 is 5.69 Å². The SMILES string of the molecule is CC(CC1COCCN1)Nc1ccccc1-n1cncn1. The average molecular weight is 287 g/mol. The topological polar surface area (TPSA) is 64.0 Å². The van der Waals surface area contributed by atoms with Crippen molar-refractivity contribution in [3.05, 3.63) is 36.9 Å². The fraction of sp³-hybridized carbons (Fsp3) is 0.467. The minimum atomic E-state index is 0.342. The number of rotatable bonds is 5. The molecule has 1 aliphatic heterocycles. The molecule has 1 aliphatic rings. The lowest BCUT2D eigenvalue weighted by Gasteiger charge is -2.27. The number of hydrogen-bond donors (Lipinski definition) is 2. The third kappa shape index (κ3) is 3.59. The lowest BCUT2D eigenvalue weighted by Crippen LogP contribution is -2.43. The molecule has 2 unspecified atom stereocenters. The summed E-state index contributed by atoms with van der Waals surface area (Å²) in [6.07, 6.45) is 4.27. The normalized spacial score (nSPS) is 20.1. The van der Waals surface area contributed by atoms with Crippen molar-refractivity contribution in [3.8, 4) is 5.69 Å². The van der Waals surface area contributed by atoms with Gasteiger partial charge in [0.05, 0.1) is 24.6 Å². The Morgan fingerprint density at radius 1 is 1.48 bits per heavy atom. The summed E-state index contributed by atoms with van der Waals surface area (Å²) in [5, 5.41) is 11.3. The Morgan fingerprint density at radius 3 is 3.14 bits per heavy atom. The van der Waals surface area contributed by atoms with Gasteiger partial charge in [0.15, 0.2) is 0 Å². The van der Waals surface area contributed by atoms with Gasteiger partial charge in [-0.3, -0.25) is 0 Å². The molecule has 2 atom stereocenters. The Kier molecular flexibility index (Phi) is 4.47. The number of morpholine rings is 1. The molecule has 1 fully saturated rings. The molecule has 0 amide bonds. The molecule has 0 bridgehead atoms. The predicted molar refractivity (Wildman–Crippen MR) is 81.7 cm³/mol. The number of nitrogens with zero attached hydrogens (tertiary/aromatic N) is 3. The van der Waals surface area contributed by atoms with Gasteiger partial charge >= 0.3 is 0 Å². The van der Waals surface area contributed by atoms with Gasteiger partial charge in [-0.15, -0.1) is 0 Å². The maximum Gasteiger partial charge on any atom is 0.138 e. The second-order valence-electron chi connectivity index (χ2n) is 5.36. The fourth-order valence-corrected chi connectivity index (χ4v) is 2.65. The molecule has 112 valence electrons. The summed E-state index contributed by atoms with van der Waals surface area (Å²) < 4.78 is 7.28. The van der Waals surface area contributed by atoms with E-state index < -0.39 is 0 Å². The van der Waals surface area contributed by atoms with Crippen LogP contribution in [0.4, 0.5) is 5.69 Å². The molecular weight excluding hydrogens is 266 g/mol. The molecule has 2 heterocycles. The third-order valence-corrected chi connectivity index (χ3v) is 3.61. The Labute approximate surface area is 124 Å². The molecule has 6 nitrogen and oxygen atoms in total. The molecule has 1 aromatic carbocycles. The van der Waals surface area contributed by atoms with E-state index in [1.54, 1.807) is 17.3 Å². The van der Waals surface area contributed by atoms with E-state index in [0.29, 0.717) is 12.1 Å².